The van der Waals surface area contributed by atoms with E-state index in [1.165, 1.54) is 5.56 Å². The lowest BCUT2D eigenvalue weighted by atomic mass is 9.86. The minimum absolute atomic E-state index is 0.0778. The zero-order valence-electron chi connectivity index (χ0n) is 21.0. The lowest BCUT2D eigenvalue weighted by molar-refractivity contribution is 0.0876. The van der Waals surface area contributed by atoms with Crippen molar-refractivity contribution in [3.05, 3.63) is 87.7 Å². The Morgan fingerprint density at radius 3 is 2.50 bits per heavy atom. The van der Waals surface area contributed by atoms with Crippen molar-refractivity contribution in [2.45, 2.75) is 46.2 Å². The third kappa shape index (κ3) is 4.01. The number of ketones is 1. The predicted molar refractivity (Wildman–Crippen MR) is 137 cm³/mol. The van der Waals surface area contributed by atoms with Crippen LogP contribution < -0.4 is 18.9 Å². The molecule has 0 saturated heterocycles. The number of ether oxygens (including phenoxy) is 4. The maximum atomic E-state index is 13.3. The van der Waals surface area contributed by atoms with Crippen molar-refractivity contribution >= 4 is 11.9 Å². The molecular weight excluding hydrogens is 454 g/mol. The van der Waals surface area contributed by atoms with E-state index in [-0.39, 0.29) is 18.0 Å². The summed E-state index contributed by atoms with van der Waals surface area (Å²) in [6, 6.07) is 16.2. The van der Waals surface area contributed by atoms with Crippen LogP contribution in [0.5, 0.6) is 23.0 Å². The van der Waals surface area contributed by atoms with Crippen LogP contribution in [-0.2, 0) is 18.5 Å². The first-order valence-corrected chi connectivity index (χ1v) is 12.2. The first-order chi connectivity index (χ1) is 17.3. The smallest absolute Gasteiger partial charge is 0.231 e. The molecule has 3 aromatic carbocycles. The third-order valence-corrected chi connectivity index (χ3v) is 6.92. The van der Waals surface area contributed by atoms with E-state index in [1.807, 2.05) is 49.4 Å². The normalized spacial score (nSPS) is 17.6. The number of hydrogen-bond acceptors (Lipinski definition) is 6. The molecule has 0 radical (unpaired) electrons. The van der Waals surface area contributed by atoms with Crippen molar-refractivity contribution in [2.24, 2.45) is 0 Å². The molecule has 3 aliphatic rings. The van der Waals surface area contributed by atoms with Gasteiger partial charge < -0.3 is 18.9 Å². The van der Waals surface area contributed by atoms with Crippen LogP contribution in [0.15, 0.2) is 54.3 Å². The highest BCUT2D eigenvalue weighted by Gasteiger charge is 2.33. The van der Waals surface area contributed by atoms with Crippen molar-refractivity contribution < 1.29 is 23.7 Å². The standard InChI is InChI=1S/C30H29NO5/c1-18-28-21(15-31(16-33-28)14-20-7-10-24-25(12-20)35-17-34-24)13-23-27(32)26(36-29(18)23)11-19-5-8-22(9-6-19)30(2,3)4/h5-13H,14-17H2,1-4H3/b26-11-. The van der Waals surface area contributed by atoms with E-state index in [9.17, 15) is 4.79 Å². The minimum Gasteiger partial charge on any atom is -0.477 e. The molecule has 0 N–H and O–H groups in total. The van der Waals surface area contributed by atoms with Crippen LogP contribution in [0.1, 0.15) is 58.9 Å². The molecule has 3 aromatic rings. The summed E-state index contributed by atoms with van der Waals surface area (Å²) in [5.41, 5.74) is 5.83. The van der Waals surface area contributed by atoms with Gasteiger partial charge in [0.05, 0.1) is 5.56 Å². The Hall–Kier alpha value is -3.77. The Kier molecular flexibility index (Phi) is 5.30. The van der Waals surface area contributed by atoms with Gasteiger partial charge in [0.15, 0.2) is 17.3 Å². The van der Waals surface area contributed by atoms with Gasteiger partial charge in [-0.3, -0.25) is 9.69 Å². The number of benzene rings is 3. The lowest BCUT2D eigenvalue weighted by Crippen LogP contribution is -2.32. The van der Waals surface area contributed by atoms with Gasteiger partial charge >= 0.3 is 0 Å². The molecule has 3 aliphatic heterocycles. The number of Topliss-reactive ketones (excluding diaryl/α,β-unsaturated/α-hetero) is 1. The van der Waals surface area contributed by atoms with Gasteiger partial charge in [0.1, 0.15) is 18.2 Å². The summed E-state index contributed by atoms with van der Waals surface area (Å²) in [6.45, 7) is 10.6. The first-order valence-electron chi connectivity index (χ1n) is 12.2. The summed E-state index contributed by atoms with van der Waals surface area (Å²) in [4.78, 5) is 15.5. The molecule has 0 amide bonds. The van der Waals surface area contributed by atoms with Gasteiger partial charge in [-0.05, 0) is 53.3 Å². The fourth-order valence-corrected chi connectivity index (χ4v) is 4.93. The zero-order chi connectivity index (χ0) is 25.0. The molecule has 6 rings (SSSR count). The zero-order valence-corrected chi connectivity index (χ0v) is 21.0. The van der Waals surface area contributed by atoms with Crippen LogP contribution in [-0.4, -0.2) is 24.2 Å². The van der Waals surface area contributed by atoms with E-state index in [0.29, 0.717) is 36.9 Å². The van der Waals surface area contributed by atoms with Gasteiger partial charge in [-0.1, -0.05) is 51.1 Å². The summed E-state index contributed by atoms with van der Waals surface area (Å²) in [7, 11) is 0. The molecular formula is C30H29NO5. The van der Waals surface area contributed by atoms with Crippen LogP contribution in [0.2, 0.25) is 0 Å². The van der Waals surface area contributed by atoms with Gasteiger partial charge in [-0.25, -0.2) is 0 Å². The molecule has 3 heterocycles. The highest BCUT2D eigenvalue weighted by molar-refractivity contribution is 6.15. The Morgan fingerprint density at radius 1 is 0.944 bits per heavy atom. The molecule has 0 unspecified atom stereocenters. The van der Waals surface area contributed by atoms with Crippen LogP contribution in [0.3, 0.4) is 0 Å². The summed E-state index contributed by atoms with van der Waals surface area (Å²) in [6.07, 6.45) is 1.82. The number of hydrogen-bond donors (Lipinski definition) is 0. The number of rotatable bonds is 3. The van der Waals surface area contributed by atoms with Crippen LogP contribution in [0.4, 0.5) is 0 Å². The lowest BCUT2D eigenvalue weighted by Gasteiger charge is -2.30. The maximum absolute atomic E-state index is 13.3. The molecule has 0 aromatic heterocycles. The second kappa shape index (κ2) is 8.42. The summed E-state index contributed by atoms with van der Waals surface area (Å²) < 4.78 is 23.1. The largest absolute Gasteiger partial charge is 0.477 e. The SMILES string of the molecule is Cc1c2c(cc3c1O/C(=C\c1ccc(C(C)(C)C)cc1)C3=O)CN(Cc1ccc3c(c1)OCO3)CO2. The number of fused-ring (bicyclic) bond motifs is 3. The van der Waals surface area contributed by atoms with Crippen molar-refractivity contribution in [1.82, 2.24) is 4.90 Å². The monoisotopic (exact) mass is 483 g/mol. The second-order valence-electron chi connectivity index (χ2n) is 10.6. The number of allylic oxidation sites excluding steroid dienone is 1. The Morgan fingerprint density at radius 2 is 1.72 bits per heavy atom. The van der Waals surface area contributed by atoms with Gasteiger partial charge in [-0.2, -0.15) is 0 Å². The molecule has 0 saturated carbocycles. The average molecular weight is 484 g/mol. The van der Waals surface area contributed by atoms with E-state index < -0.39 is 0 Å². The van der Waals surface area contributed by atoms with E-state index in [2.05, 4.69) is 37.8 Å². The maximum Gasteiger partial charge on any atom is 0.231 e. The molecule has 184 valence electrons. The van der Waals surface area contributed by atoms with Crippen LogP contribution in [0.25, 0.3) is 6.08 Å². The number of carbonyl (C=O) groups excluding carboxylic acids is 1. The van der Waals surface area contributed by atoms with Gasteiger partial charge in [0, 0.05) is 24.2 Å². The summed E-state index contributed by atoms with van der Waals surface area (Å²) >= 11 is 0. The molecule has 6 heteroatoms. The van der Waals surface area contributed by atoms with Crippen molar-refractivity contribution in [1.29, 1.82) is 0 Å². The molecule has 0 atom stereocenters. The highest BCUT2D eigenvalue weighted by Crippen LogP contribution is 2.43. The summed E-state index contributed by atoms with van der Waals surface area (Å²) in [5, 5.41) is 0. The quantitative estimate of drug-likeness (QED) is 0.427. The predicted octanol–water partition coefficient (Wildman–Crippen LogP) is 5.99. The fourth-order valence-electron chi connectivity index (χ4n) is 4.93. The van der Waals surface area contributed by atoms with E-state index in [4.69, 9.17) is 18.9 Å². The van der Waals surface area contributed by atoms with Crippen molar-refractivity contribution in [3.8, 4) is 23.0 Å². The average Bonchev–Trinajstić information content (AvgIpc) is 3.44. The molecule has 6 nitrogen and oxygen atoms in total. The van der Waals surface area contributed by atoms with E-state index in [1.54, 1.807) is 0 Å². The van der Waals surface area contributed by atoms with Gasteiger partial charge in [-0.15, -0.1) is 0 Å². The molecule has 36 heavy (non-hydrogen) atoms. The summed E-state index contributed by atoms with van der Waals surface area (Å²) in [5.74, 6) is 3.20. The van der Waals surface area contributed by atoms with E-state index in [0.717, 1.165) is 39.5 Å². The Labute approximate surface area is 211 Å². The van der Waals surface area contributed by atoms with Crippen LogP contribution >= 0.6 is 0 Å². The van der Waals surface area contributed by atoms with Gasteiger partial charge in [0.2, 0.25) is 12.6 Å². The fraction of sp³-hybridized carbons (Fsp3) is 0.300. The number of carbonyl (C=O) groups is 1. The third-order valence-electron chi connectivity index (χ3n) is 6.92. The first kappa shape index (κ1) is 22.7. The second-order valence-corrected chi connectivity index (χ2v) is 10.6. The van der Waals surface area contributed by atoms with Crippen molar-refractivity contribution in [2.75, 3.05) is 13.5 Å². The Bertz CT molecular complexity index is 1400. The van der Waals surface area contributed by atoms with Crippen LogP contribution in [0, 0.1) is 6.92 Å². The molecule has 0 bridgehead atoms. The minimum atomic E-state index is -0.0938. The Balaban J connectivity index is 1.23. The molecule has 0 spiro atoms. The molecule has 0 fully saturated rings. The molecule has 0 aliphatic carbocycles. The number of nitrogens with zero attached hydrogens (tertiary/aromatic N) is 1. The topological polar surface area (TPSA) is 57.2 Å². The van der Waals surface area contributed by atoms with E-state index >= 15 is 0 Å². The van der Waals surface area contributed by atoms with Gasteiger partial charge in [0.25, 0.3) is 0 Å². The van der Waals surface area contributed by atoms with Crippen molar-refractivity contribution in [3.63, 3.8) is 0 Å². The highest BCUT2D eigenvalue weighted by atomic mass is 16.7.